The average molecular weight is 2090 g/mol. The van der Waals surface area contributed by atoms with Crippen molar-refractivity contribution in [3.63, 3.8) is 0 Å². The molecular weight excluding hydrogens is 1910 g/mol. The summed E-state index contributed by atoms with van der Waals surface area (Å²) in [5.41, 5.74) is 15.4. The van der Waals surface area contributed by atoms with Gasteiger partial charge < -0.3 is 28.4 Å². The minimum atomic E-state index is 0. The summed E-state index contributed by atoms with van der Waals surface area (Å²) in [6.07, 6.45) is 4.99. The van der Waals surface area contributed by atoms with Gasteiger partial charge in [0.1, 0.15) is 0 Å². The van der Waals surface area contributed by atoms with Gasteiger partial charge in [-0.1, -0.05) is 424 Å². The first-order chi connectivity index (χ1) is 52.2. The fraction of sp³-hybridized carbons (Fsp3) is 0.514. The van der Waals surface area contributed by atoms with Crippen molar-refractivity contribution in [3.05, 3.63) is 307 Å². The molecule has 0 aromatic heterocycles. The smallest absolute Gasteiger partial charge is 0.0594 e. The molecule has 0 unspecified atom stereocenters. The Labute approximate surface area is 757 Å². The van der Waals surface area contributed by atoms with Crippen LogP contribution in [0.25, 0.3) is 0 Å². The van der Waals surface area contributed by atoms with Crippen LogP contribution < -0.4 is 0 Å². The van der Waals surface area contributed by atoms with E-state index in [2.05, 4.69) is 349 Å². The van der Waals surface area contributed by atoms with Crippen LogP contribution in [0.3, 0.4) is 0 Å². The maximum atomic E-state index is 4.94. The minimum Gasteiger partial charge on any atom is -0.557 e. The van der Waals surface area contributed by atoms with E-state index >= 15 is 0 Å². The fourth-order valence-corrected chi connectivity index (χ4v) is 6.50. The molecule has 0 aliphatic rings. The van der Waals surface area contributed by atoms with Gasteiger partial charge in [0.15, 0.2) is 0 Å². The minimum absolute atomic E-state index is 0. The summed E-state index contributed by atoms with van der Waals surface area (Å²) < 4.78 is 26.8. The Morgan fingerprint density at radius 1 is 0.184 bits per heavy atom. The van der Waals surface area contributed by atoms with Gasteiger partial charge in [-0.15, -0.1) is 0 Å². The molecule has 0 aliphatic heterocycles. The summed E-state index contributed by atoms with van der Waals surface area (Å²) in [4.78, 5) is 0. The van der Waals surface area contributed by atoms with E-state index in [1.165, 1.54) is 77.0 Å². The Morgan fingerprint density at radius 3 is 0.325 bits per heavy atom. The quantitative estimate of drug-likeness (QED) is 0.127. The van der Waals surface area contributed by atoms with Crippen molar-refractivity contribution >= 4 is 0 Å². The first kappa shape index (κ1) is 144. The Balaban J connectivity index is -0.0000000759. The van der Waals surface area contributed by atoms with Crippen molar-refractivity contribution in [3.8, 4) is 0 Å². The van der Waals surface area contributed by atoms with E-state index in [0.29, 0.717) is 16.2 Å². The van der Waals surface area contributed by atoms with Crippen LogP contribution in [0.4, 0.5) is 0 Å². The zero-order valence-corrected chi connectivity index (χ0v) is 91.1. The molecule has 0 amide bonds. The van der Waals surface area contributed by atoms with Crippen molar-refractivity contribution in [2.75, 3.05) is 42.7 Å². The van der Waals surface area contributed by atoms with Gasteiger partial charge in [-0.25, -0.2) is 21.3 Å². The van der Waals surface area contributed by atoms with Gasteiger partial charge in [-0.3, -0.25) is 0 Å². The summed E-state index contributed by atoms with van der Waals surface area (Å²) in [7, 11) is 18.6. The standard InChI is InChI=1S/C27H24.2C13H12.3C5H12O.3C5H12.3C2H5O.8C2H6.3W/c1-4-10-22(11-5-1)16-25-19-26(17-23-12-6-2-7-13-23)21-27(20-25)18-24-14-8-3-9-15-24;2*1-3-7-12(8-4-1)11-13-9-5-2-6-10-13;3*1-5(2,3)6-4;3*1-5(2,3)4;3*1-3-2;8*1-2;;;/h1-15,19-21H,16-18H2;2*1-10H,11H2;3*1-4H3;3*1-4H3;3*1H2,2H3;8*1-2H3;;;/q;;;;;;;;;3*-1;;;;;;;;;;;. The molecule has 8 aromatic rings. The molecule has 0 atom stereocenters. The number of methoxy groups -OCH3 is 6. The Bertz CT molecular complexity index is 2510. The third-order valence-electron chi connectivity index (χ3n) is 10.9. The van der Waals surface area contributed by atoms with Crippen molar-refractivity contribution in [2.45, 2.75) is 305 Å². The van der Waals surface area contributed by atoms with Crippen LogP contribution in [0.2, 0.25) is 0 Å². The van der Waals surface area contributed by atoms with Crippen LogP contribution in [-0.2, 0) is 124 Å². The summed E-state index contributed by atoms with van der Waals surface area (Å²) in [5.74, 6) is 0. The number of hydrogen-bond donors (Lipinski definition) is 0. The van der Waals surface area contributed by atoms with Gasteiger partial charge in [-0.05, 0) is 188 Å². The van der Waals surface area contributed by atoms with E-state index in [9.17, 15) is 0 Å². The summed E-state index contributed by atoms with van der Waals surface area (Å²) in [5, 5.41) is 0. The zero-order chi connectivity index (χ0) is 89.4. The topological polar surface area (TPSA) is 55.4 Å². The van der Waals surface area contributed by atoms with E-state index in [-0.39, 0.29) is 80.0 Å². The van der Waals surface area contributed by atoms with Gasteiger partial charge in [-0.2, -0.15) is 0 Å². The zero-order valence-electron chi connectivity index (χ0n) is 82.3. The predicted molar refractivity (Wildman–Crippen MR) is 509 cm³/mol. The van der Waals surface area contributed by atoms with Crippen LogP contribution in [0.15, 0.2) is 231 Å². The Hall–Kier alpha value is -4.42. The molecule has 0 aliphatic carbocycles. The second kappa shape index (κ2) is 103. The molecule has 0 heterocycles. The molecule has 0 saturated carbocycles. The summed E-state index contributed by atoms with van der Waals surface area (Å²) in [6.45, 7) is 76.4. The first-order valence-corrected chi connectivity index (χ1v) is 41.1. The molecule has 8 rings (SSSR count). The van der Waals surface area contributed by atoms with E-state index < -0.39 is 0 Å². The maximum Gasteiger partial charge on any atom is 0.0594 e. The van der Waals surface area contributed by atoms with Gasteiger partial charge in [0.25, 0.3) is 0 Å². The van der Waals surface area contributed by atoms with Gasteiger partial charge in [0, 0.05) is 84.5 Å². The largest absolute Gasteiger partial charge is 0.557 e. The van der Waals surface area contributed by atoms with Crippen molar-refractivity contribution in [1.29, 1.82) is 0 Å². The van der Waals surface area contributed by atoms with E-state index in [0.717, 1.165) is 32.1 Å². The van der Waals surface area contributed by atoms with Crippen LogP contribution in [0, 0.1) is 37.6 Å². The van der Waals surface area contributed by atoms with Crippen LogP contribution in [-0.4, -0.2) is 59.5 Å². The second-order valence-electron chi connectivity index (χ2n) is 30.3. The van der Waals surface area contributed by atoms with Gasteiger partial charge >= 0.3 is 0 Å². The van der Waals surface area contributed by atoms with Crippen molar-refractivity contribution in [2.24, 2.45) is 16.2 Å². The molecule has 0 radical (unpaired) electrons. The maximum absolute atomic E-state index is 4.94. The van der Waals surface area contributed by atoms with E-state index in [1.54, 1.807) is 21.3 Å². The molecule has 0 N–H and O–H groups in total. The monoisotopic (exact) mass is 2090 g/mol. The third-order valence-corrected chi connectivity index (χ3v) is 10.9. The molecule has 0 fully saturated rings. The van der Waals surface area contributed by atoms with Gasteiger partial charge in [0.05, 0.1) is 16.8 Å². The van der Waals surface area contributed by atoms with E-state index in [4.69, 9.17) is 14.2 Å². The van der Waals surface area contributed by atoms with E-state index in [1.807, 2.05) is 173 Å². The molecule has 0 bridgehead atoms. The second-order valence-corrected chi connectivity index (χ2v) is 30.3. The number of hydrogen-bond acceptors (Lipinski definition) is 6. The summed E-state index contributed by atoms with van der Waals surface area (Å²) >= 11 is 0. The SMILES string of the molecule is CC.CC.CC.CC.CC.CC.CC.CC.CC(C)(C)C.CC(C)(C)C.CC(C)(C)C.COC(C)(C)C.COC(C)(C)C.COC(C)(C)C.[CH2-]OC.[CH2-]OC.[CH2-]OC.[W].[W].[W].c1ccc(Cc2cc(Cc3ccccc3)cc(Cc3ccccc3)c2)cc1.c1ccc(Cc2ccccc2)cc1.c1ccc(Cc2ccccc2)cc1. The third kappa shape index (κ3) is 143. The predicted octanol–water partition coefficient (Wildman–Crippen LogP) is 32.9. The molecule has 9 heteroatoms. The first-order valence-electron chi connectivity index (χ1n) is 41.1. The molecule has 114 heavy (non-hydrogen) atoms. The number of benzene rings is 8. The summed E-state index contributed by atoms with van der Waals surface area (Å²) in [6, 6.07) is 81.4. The van der Waals surface area contributed by atoms with Gasteiger partial charge in [0.2, 0.25) is 0 Å². The van der Waals surface area contributed by atoms with Crippen LogP contribution in [0.5, 0.6) is 0 Å². The number of rotatable bonds is 10. The van der Waals surface area contributed by atoms with Crippen molar-refractivity contribution in [1.82, 2.24) is 0 Å². The molecule has 660 valence electrons. The molecule has 0 saturated heterocycles. The van der Waals surface area contributed by atoms with Crippen LogP contribution in [0.1, 0.15) is 312 Å². The Morgan fingerprint density at radius 2 is 0.254 bits per heavy atom. The average Bonchev–Trinajstić information content (AvgIpc) is 0.840. The molecule has 6 nitrogen and oxygen atoms in total. The van der Waals surface area contributed by atoms with Crippen molar-refractivity contribution < 1.29 is 91.6 Å². The fourth-order valence-electron chi connectivity index (χ4n) is 6.50. The molecule has 8 aromatic carbocycles. The molecular formula is C105H183O6W3-3. The number of ether oxygens (including phenoxy) is 6. The molecule has 0 spiro atoms. The Kier molecular flexibility index (Phi) is 130. The normalized spacial score (nSPS) is 9.14. The van der Waals surface area contributed by atoms with Crippen LogP contribution >= 0.6 is 0 Å².